The summed E-state index contributed by atoms with van der Waals surface area (Å²) in [6, 6.07) is 14.2. The fourth-order valence-electron chi connectivity index (χ4n) is 3.43. The SMILES string of the molecule is COc1ccc([C@H]2C(C#N)=C(N)Oc3c2c(=O)oc2ccccc32)c(OC)c1. The van der Waals surface area contributed by atoms with Crippen LogP contribution in [0.3, 0.4) is 0 Å². The fourth-order valence-corrected chi connectivity index (χ4v) is 3.43. The summed E-state index contributed by atoms with van der Waals surface area (Å²) in [5, 5.41) is 10.3. The molecule has 0 radical (unpaired) electrons. The summed E-state index contributed by atoms with van der Waals surface area (Å²) in [5.74, 6) is 0.453. The predicted molar refractivity (Wildman–Crippen MR) is 101 cm³/mol. The van der Waals surface area contributed by atoms with Gasteiger partial charge in [-0.05, 0) is 18.2 Å². The van der Waals surface area contributed by atoms with Gasteiger partial charge in [-0.2, -0.15) is 5.26 Å². The molecule has 1 aromatic heterocycles. The van der Waals surface area contributed by atoms with Gasteiger partial charge in [-0.3, -0.25) is 0 Å². The lowest BCUT2D eigenvalue weighted by atomic mass is 9.83. The van der Waals surface area contributed by atoms with Crippen molar-refractivity contribution in [3.63, 3.8) is 0 Å². The molecule has 2 N–H and O–H groups in total. The lowest BCUT2D eigenvalue weighted by Gasteiger charge is -2.27. The third kappa shape index (κ3) is 2.55. The molecular formula is C21H16N2O5. The van der Waals surface area contributed by atoms with Gasteiger partial charge in [0.1, 0.15) is 28.7 Å². The second-order valence-corrected chi connectivity index (χ2v) is 6.16. The molecule has 0 saturated heterocycles. The first-order chi connectivity index (χ1) is 13.6. The Morgan fingerprint density at radius 3 is 2.64 bits per heavy atom. The highest BCUT2D eigenvalue weighted by atomic mass is 16.5. The van der Waals surface area contributed by atoms with Crippen LogP contribution < -0.4 is 25.6 Å². The summed E-state index contributed by atoms with van der Waals surface area (Å²) in [6.07, 6.45) is 0. The van der Waals surface area contributed by atoms with Crippen molar-refractivity contribution in [3.05, 3.63) is 75.5 Å². The molecular weight excluding hydrogens is 360 g/mol. The summed E-state index contributed by atoms with van der Waals surface area (Å²) in [5.41, 5.74) is 6.72. The van der Waals surface area contributed by atoms with Crippen LogP contribution in [0.1, 0.15) is 17.0 Å². The molecule has 0 spiro atoms. The summed E-state index contributed by atoms with van der Waals surface area (Å²) in [6.45, 7) is 0. The molecule has 140 valence electrons. The van der Waals surface area contributed by atoms with E-state index in [0.29, 0.717) is 28.0 Å². The molecule has 0 fully saturated rings. The van der Waals surface area contributed by atoms with Crippen LogP contribution >= 0.6 is 0 Å². The molecule has 1 atom stereocenters. The number of allylic oxidation sites excluding steroid dienone is 1. The molecule has 1 aliphatic rings. The first-order valence-corrected chi connectivity index (χ1v) is 8.44. The van der Waals surface area contributed by atoms with E-state index in [9.17, 15) is 10.1 Å². The van der Waals surface area contributed by atoms with E-state index in [0.717, 1.165) is 0 Å². The monoisotopic (exact) mass is 376 g/mol. The highest BCUT2D eigenvalue weighted by molar-refractivity contribution is 5.86. The Bertz CT molecular complexity index is 1220. The minimum absolute atomic E-state index is 0.0615. The Balaban J connectivity index is 2.07. The summed E-state index contributed by atoms with van der Waals surface area (Å²) >= 11 is 0. The van der Waals surface area contributed by atoms with Crippen molar-refractivity contribution in [1.82, 2.24) is 0 Å². The van der Waals surface area contributed by atoms with Crippen molar-refractivity contribution in [3.8, 4) is 23.3 Å². The van der Waals surface area contributed by atoms with Gasteiger partial charge in [0.15, 0.2) is 5.75 Å². The molecule has 0 unspecified atom stereocenters. The van der Waals surface area contributed by atoms with Gasteiger partial charge in [-0.25, -0.2) is 4.79 Å². The molecule has 7 nitrogen and oxygen atoms in total. The van der Waals surface area contributed by atoms with Crippen LogP contribution in [-0.2, 0) is 0 Å². The molecule has 1 aliphatic heterocycles. The van der Waals surface area contributed by atoms with E-state index in [2.05, 4.69) is 6.07 Å². The number of nitriles is 1. The fraction of sp³-hybridized carbons (Fsp3) is 0.143. The highest BCUT2D eigenvalue weighted by Gasteiger charge is 2.37. The minimum atomic E-state index is -0.796. The van der Waals surface area contributed by atoms with Crippen LogP contribution in [0.15, 0.2) is 63.1 Å². The van der Waals surface area contributed by atoms with Gasteiger partial charge in [0.2, 0.25) is 5.88 Å². The maximum atomic E-state index is 12.9. The van der Waals surface area contributed by atoms with E-state index in [1.54, 1.807) is 42.5 Å². The third-order valence-electron chi connectivity index (χ3n) is 4.73. The zero-order chi connectivity index (χ0) is 19.8. The normalized spacial score (nSPS) is 15.5. The molecule has 2 heterocycles. The van der Waals surface area contributed by atoms with E-state index >= 15 is 0 Å². The van der Waals surface area contributed by atoms with Gasteiger partial charge >= 0.3 is 5.63 Å². The van der Waals surface area contributed by atoms with Crippen LogP contribution in [0.4, 0.5) is 0 Å². The zero-order valence-corrected chi connectivity index (χ0v) is 15.2. The first-order valence-electron chi connectivity index (χ1n) is 8.44. The van der Waals surface area contributed by atoms with Crippen LogP contribution in [0.2, 0.25) is 0 Å². The summed E-state index contributed by atoms with van der Waals surface area (Å²) < 4.78 is 21.9. The Morgan fingerprint density at radius 2 is 1.93 bits per heavy atom. The number of nitrogens with zero attached hydrogens (tertiary/aromatic N) is 1. The lowest BCUT2D eigenvalue weighted by Crippen LogP contribution is -2.26. The van der Waals surface area contributed by atoms with Crippen molar-refractivity contribution in [1.29, 1.82) is 5.26 Å². The van der Waals surface area contributed by atoms with Gasteiger partial charge in [-0.1, -0.05) is 18.2 Å². The zero-order valence-electron chi connectivity index (χ0n) is 15.2. The second-order valence-electron chi connectivity index (χ2n) is 6.16. The quantitative estimate of drug-likeness (QED) is 0.700. The van der Waals surface area contributed by atoms with Crippen LogP contribution in [0, 0.1) is 11.3 Å². The van der Waals surface area contributed by atoms with Gasteiger partial charge in [0, 0.05) is 11.6 Å². The topological polar surface area (TPSA) is 108 Å². The molecule has 0 amide bonds. The Hall–Kier alpha value is -3.92. The van der Waals surface area contributed by atoms with E-state index in [-0.39, 0.29) is 22.8 Å². The van der Waals surface area contributed by atoms with E-state index in [1.165, 1.54) is 14.2 Å². The Morgan fingerprint density at radius 1 is 1.14 bits per heavy atom. The van der Waals surface area contributed by atoms with Gasteiger partial charge in [0.25, 0.3) is 0 Å². The number of hydrogen-bond acceptors (Lipinski definition) is 7. The molecule has 28 heavy (non-hydrogen) atoms. The number of benzene rings is 2. The lowest BCUT2D eigenvalue weighted by molar-refractivity contribution is 0.378. The summed E-state index contributed by atoms with van der Waals surface area (Å²) in [7, 11) is 3.04. The number of nitrogens with two attached hydrogens (primary N) is 1. The molecule has 0 aliphatic carbocycles. The van der Waals surface area contributed by atoms with Crippen molar-refractivity contribution in [2.75, 3.05) is 14.2 Å². The van der Waals surface area contributed by atoms with Crippen molar-refractivity contribution in [2.45, 2.75) is 5.92 Å². The van der Waals surface area contributed by atoms with Gasteiger partial charge in [0.05, 0.1) is 31.1 Å². The number of rotatable bonds is 3. The number of ether oxygens (including phenoxy) is 3. The van der Waals surface area contributed by atoms with Crippen molar-refractivity contribution >= 4 is 11.0 Å². The highest BCUT2D eigenvalue weighted by Crippen LogP contribution is 2.46. The second kappa shape index (κ2) is 6.67. The van der Waals surface area contributed by atoms with Crippen molar-refractivity contribution < 1.29 is 18.6 Å². The van der Waals surface area contributed by atoms with Crippen molar-refractivity contribution in [2.24, 2.45) is 5.73 Å². The minimum Gasteiger partial charge on any atom is -0.497 e. The van der Waals surface area contributed by atoms with E-state index in [1.807, 2.05) is 0 Å². The summed E-state index contributed by atoms with van der Waals surface area (Å²) in [4.78, 5) is 12.9. The predicted octanol–water partition coefficient (Wildman–Crippen LogP) is 3.03. The number of para-hydroxylation sites is 1. The smallest absolute Gasteiger partial charge is 0.344 e. The largest absolute Gasteiger partial charge is 0.497 e. The Labute approximate surface area is 160 Å². The third-order valence-corrected chi connectivity index (χ3v) is 4.73. The molecule has 3 aromatic rings. The number of fused-ring (bicyclic) bond motifs is 3. The van der Waals surface area contributed by atoms with Crippen LogP contribution in [-0.4, -0.2) is 14.2 Å². The molecule has 4 rings (SSSR count). The molecule has 2 aromatic carbocycles. The standard InChI is InChI=1S/C21H16N2O5/c1-25-11-7-8-12(16(9-11)26-2)17-14(10-22)20(23)28-19-13-5-3-4-6-15(13)27-21(24)18(17)19/h3-9,17H,23H2,1-2H3/t17-/m0/s1. The molecule has 0 bridgehead atoms. The maximum Gasteiger partial charge on any atom is 0.344 e. The van der Waals surface area contributed by atoms with E-state index < -0.39 is 11.5 Å². The number of methoxy groups -OCH3 is 2. The van der Waals surface area contributed by atoms with Gasteiger partial charge < -0.3 is 24.4 Å². The number of hydrogen-bond donors (Lipinski definition) is 1. The van der Waals surface area contributed by atoms with Gasteiger partial charge in [-0.15, -0.1) is 0 Å². The Kier molecular flexibility index (Phi) is 4.17. The maximum absolute atomic E-state index is 12.9. The average Bonchev–Trinajstić information content (AvgIpc) is 2.72. The molecule has 0 saturated carbocycles. The van der Waals surface area contributed by atoms with Crippen LogP contribution in [0.25, 0.3) is 11.0 Å². The molecule has 7 heteroatoms. The van der Waals surface area contributed by atoms with Crippen LogP contribution in [0.5, 0.6) is 17.2 Å². The first kappa shape index (κ1) is 17.5. The van der Waals surface area contributed by atoms with E-state index in [4.69, 9.17) is 24.4 Å². The average molecular weight is 376 g/mol.